The molecule has 0 aliphatic rings. The lowest BCUT2D eigenvalue weighted by Crippen LogP contribution is -2.04. The van der Waals surface area contributed by atoms with Gasteiger partial charge in [-0.15, -0.1) is 0 Å². The molecule has 5 heteroatoms. The summed E-state index contributed by atoms with van der Waals surface area (Å²) in [6, 6.07) is 8.48. The van der Waals surface area contributed by atoms with Gasteiger partial charge in [0, 0.05) is 5.69 Å². The van der Waals surface area contributed by atoms with Crippen molar-refractivity contribution in [2.45, 2.75) is 19.5 Å². The molecule has 19 heavy (non-hydrogen) atoms. The number of nitrogens with zero attached hydrogens (tertiary/aromatic N) is 1. The Labute approximate surface area is 114 Å². The van der Waals surface area contributed by atoms with Crippen LogP contribution in [0, 0.1) is 0 Å². The first-order valence-electron chi connectivity index (χ1n) is 5.74. The zero-order valence-electron chi connectivity index (χ0n) is 10.1. The van der Waals surface area contributed by atoms with Gasteiger partial charge in [0.2, 0.25) is 0 Å². The van der Waals surface area contributed by atoms with Gasteiger partial charge in [0.25, 0.3) is 0 Å². The van der Waals surface area contributed by atoms with Crippen LogP contribution in [0.1, 0.15) is 18.2 Å². The molecule has 0 aliphatic carbocycles. The molecule has 2 rings (SSSR count). The topological polar surface area (TPSA) is 12.9 Å². The third-order valence-corrected chi connectivity index (χ3v) is 2.95. The van der Waals surface area contributed by atoms with Crippen molar-refractivity contribution < 1.29 is 13.2 Å². The predicted molar refractivity (Wildman–Crippen MR) is 69.1 cm³/mol. The van der Waals surface area contributed by atoms with E-state index in [-0.39, 0.29) is 0 Å². The van der Waals surface area contributed by atoms with Crippen molar-refractivity contribution in [2.24, 2.45) is 0 Å². The minimum Gasteiger partial charge on any atom is -0.241 e. The zero-order valence-corrected chi connectivity index (χ0v) is 10.9. The molecule has 0 fully saturated rings. The van der Waals surface area contributed by atoms with Gasteiger partial charge in [-0.25, -0.2) is 4.98 Å². The Morgan fingerprint density at radius 1 is 1.05 bits per heavy atom. The second kappa shape index (κ2) is 5.21. The summed E-state index contributed by atoms with van der Waals surface area (Å²) in [7, 11) is 0. The summed E-state index contributed by atoms with van der Waals surface area (Å²) in [5.41, 5.74) is 1.60. The van der Waals surface area contributed by atoms with Gasteiger partial charge in [0.15, 0.2) is 0 Å². The van der Waals surface area contributed by atoms with E-state index in [1.165, 1.54) is 12.1 Å². The van der Waals surface area contributed by atoms with Crippen molar-refractivity contribution in [3.63, 3.8) is 0 Å². The molecule has 1 aromatic carbocycles. The molecule has 2 aromatic rings. The molecule has 0 N–H and O–H groups in total. The Morgan fingerprint density at radius 2 is 1.68 bits per heavy atom. The van der Waals surface area contributed by atoms with Crippen LogP contribution >= 0.6 is 11.6 Å². The Bertz CT molecular complexity index is 576. The number of hydrogen-bond acceptors (Lipinski definition) is 1. The van der Waals surface area contributed by atoms with Gasteiger partial charge in [-0.3, -0.25) is 0 Å². The molecule has 0 bridgehead atoms. The maximum Gasteiger partial charge on any atom is 0.416 e. The van der Waals surface area contributed by atoms with E-state index in [1.807, 2.05) is 13.0 Å². The molecular formula is C14H11ClF3N. The third kappa shape index (κ3) is 3.26. The van der Waals surface area contributed by atoms with E-state index in [0.717, 1.165) is 23.4 Å². The quantitative estimate of drug-likeness (QED) is 0.709. The Balaban J connectivity index is 2.40. The predicted octanol–water partition coefficient (Wildman–Crippen LogP) is 4.98. The van der Waals surface area contributed by atoms with Gasteiger partial charge < -0.3 is 0 Å². The Hall–Kier alpha value is -1.55. The smallest absolute Gasteiger partial charge is 0.241 e. The highest BCUT2D eigenvalue weighted by molar-refractivity contribution is 6.29. The SMILES string of the molecule is CCc1cc(-c2ccc(C(F)(F)F)cc2)cc(Cl)n1. The molecule has 1 aromatic heterocycles. The molecule has 0 radical (unpaired) electrons. The van der Waals surface area contributed by atoms with E-state index in [4.69, 9.17) is 11.6 Å². The summed E-state index contributed by atoms with van der Waals surface area (Å²) in [4.78, 5) is 4.12. The molecule has 100 valence electrons. The minimum atomic E-state index is -4.32. The Kier molecular flexibility index (Phi) is 3.80. The normalized spacial score (nSPS) is 11.6. The lowest BCUT2D eigenvalue weighted by atomic mass is 10.0. The molecule has 0 amide bonds. The maximum absolute atomic E-state index is 12.5. The van der Waals surface area contributed by atoms with Crippen molar-refractivity contribution in [3.05, 3.63) is 52.8 Å². The van der Waals surface area contributed by atoms with Crippen LogP contribution in [0.2, 0.25) is 5.15 Å². The number of hydrogen-bond donors (Lipinski definition) is 0. The molecule has 0 atom stereocenters. The number of pyridine rings is 1. The van der Waals surface area contributed by atoms with Crippen LogP contribution in [0.4, 0.5) is 13.2 Å². The molecule has 1 heterocycles. The van der Waals surface area contributed by atoms with E-state index in [2.05, 4.69) is 4.98 Å². The summed E-state index contributed by atoms with van der Waals surface area (Å²) in [5.74, 6) is 0. The average Bonchev–Trinajstić information content (AvgIpc) is 2.37. The van der Waals surface area contributed by atoms with E-state index in [0.29, 0.717) is 17.1 Å². The van der Waals surface area contributed by atoms with Gasteiger partial charge in [-0.1, -0.05) is 30.7 Å². The van der Waals surface area contributed by atoms with Gasteiger partial charge in [0.1, 0.15) is 5.15 Å². The van der Waals surface area contributed by atoms with Crippen molar-refractivity contribution in [2.75, 3.05) is 0 Å². The summed E-state index contributed by atoms with van der Waals surface area (Å²) in [6.07, 6.45) is -3.60. The molecule has 1 nitrogen and oxygen atoms in total. The fourth-order valence-electron chi connectivity index (χ4n) is 1.75. The summed E-state index contributed by atoms with van der Waals surface area (Å²) in [6.45, 7) is 1.94. The number of alkyl halides is 3. The first-order valence-corrected chi connectivity index (χ1v) is 6.12. The van der Waals surface area contributed by atoms with Crippen LogP contribution in [-0.4, -0.2) is 4.98 Å². The number of benzene rings is 1. The monoisotopic (exact) mass is 285 g/mol. The van der Waals surface area contributed by atoms with Crippen LogP contribution in [0.3, 0.4) is 0 Å². The number of aromatic nitrogens is 1. The number of halogens is 4. The van der Waals surface area contributed by atoms with Gasteiger partial charge in [-0.05, 0) is 41.8 Å². The van der Waals surface area contributed by atoms with Crippen molar-refractivity contribution in [1.29, 1.82) is 0 Å². The molecular weight excluding hydrogens is 275 g/mol. The highest BCUT2D eigenvalue weighted by atomic mass is 35.5. The van der Waals surface area contributed by atoms with Crippen LogP contribution in [0.15, 0.2) is 36.4 Å². The lowest BCUT2D eigenvalue weighted by Gasteiger charge is -2.08. The zero-order chi connectivity index (χ0) is 14.0. The van der Waals surface area contributed by atoms with E-state index in [1.54, 1.807) is 6.07 Å². The Morgan fingerprint density at radius 3 is 2.21 bits per heavy atom. The average molecular weight is 286 g/mol. The second-order valence-electron chi connectivity index (χ2n) is 4.10. The molecule has 0 aliphatic heterocycles. The minimum absolute atomic E-state index is 0.342. The first-order chi connectivity index (χ1) is 8.90. The van der Waals surface area contributed by atoms with E-state index < -0.39 is 11.7 Å². The maximum atomic E-state index is 12.5. The van der Waals surface area contributed by atoms with Crippen LogP contribution in [0.5, 0.6) is 0 Å². The van der Waals surface area contributed by atoms with Crippen molar-refractivity contribution >= 4 is 11.6 Å². The molecule has 0 spiro atoms. The highest BCUT2D eigenvalue weighted by Gasteiger charge is 2.29. The van der Waals surface area contributed by atoms with Crippen LogP contribution in [0.25, 0.3) is 11.1 Å². The summed E-state index contributed by atoms with van der Waals surface area (Å²) >= 11 is 5.89. The second-order valence-corrected chi connectivity index (χ2v) is 4.49. The van der Waals surface area contributed by atoms with Crippen molar-refractivity contribution in [1.82, 2.24) is 4.98 Å². The third-order valence-electron chi connectivity index (χ3n) is 2.75. The summed E-state index contributed by atoms with van der Waals surface area (Å²) in [5, 5.41) is 0.342. The largest absolute Gasteiger partial charge is 0.416 e. The number of rotatable bonds is 2. The molecule has 0 saturated heterocycles. The van der Waals surface area contributed by atoms with Crippen LogP contribution < -0.4 is 0 Å². The number of aryl methyl sites for hydroxylation is 1. The molecule has 0 unspecified atom stereocenters. The van der Waals surface area contributed by atoms with Gasteiger partial charge >= 0.3 is 6.18 Å². The highest BCUT2D eigenvalue weighted by Crippen LogP contribution is 2.31. The van der Waals surface area contributed by atoms with Crippen molar-refractivity contribution in [3.8, 4) is 11.1 Å². The van der Waals surface area contributed by atoms with E-state index >= 15 is 0 Å². The fraction of sp³-hybridized carbons (Fsp3) is 0.214. The van der Waals surface area contributed by atoms with Gasteiger partial charge in [-0.2, -0.15) is 13.2 Å². The van der Waals surface area contributed by atoms with Gasteiger partial charge in [0.05, 0.1) is 5.56 Å². The van der Waals surface area contributed by atoms with E-state index in [9.17, 15) is 13.2 Å². The van der Waals surface area contributed by atoms with Crippen LogP contribution in [-0.2, 0) is 12.6 Å². The summed E-state index contributed by atoms with van der Waals surface area (Å²) < 4.78 is 37.4. The lowest BCUT2D eigenvalue weighted by molar-refractivity contribution is -0.137. The fourth-order valence-corrected chi connectivity index (χ4v) is 1.98. The standard InChI is InChI=1S/C14H11ClF3N/c1-2-12-7-10(8-13(15)19-12)9-3-5-11(6-4-9)14(16,17)18/h3-8H,2H2,1H3. The first kappa shape index (κ1) is 13.9. The molecule has 0 saturated carbocycles.